The van der Waals surface area contributed by atoms with E-state index >= 15 is 0 Å². The number of urea groups is 1. The van der Waals surface area contributed by atoms with Gasteiger partial charge in [-0.05, 0) is 31.4 Å². The minimum atomic E-state index is 0.188. The Kier molecular flexibility index (Phi) is 4.47. The van der Waals surface area contributed by atoms with Gasteiger partial charge in [0.1, 0.15) is 6.07 Å². The Morgan fingerprint density at radius 2 is 1.55 bits per heavy atom. The molecule has 2 amide bonds. The van der Waals surface area contributed by atoms with Gasteiger partial charge in [-0.15, -0.1) is 0 Å². The molecule has 116 valence electrons. The lowest BCUT2D eigenvalue weighted by Crippen LogP contribution is -2.53. The second-order valence-electron chi connectivity index (χ2n) is 5.93. The highest BCUT2D eigenvalue weighted by Gasteiger charge is 2.26. The van der Waals surface area contributed by atoms with Crippen LogP contribution in [0.4, 0.5) is 10.5 Å². The first-order valence-electron chi connectivity index (χ1n) is 8.07. The first-order valence-corrected chi connectivity index (χ1v) is 8.07. The number of rotatable bonds is 1. The van der Waals surface area contributed by atoms with Crippen molar-refractivity contribution in [3.05, 3.63) is 29.8 Å². The highest BCUT2D eigenvalue weighted by Crippen LogP contribution is 2.21. The molecular formula is C17H22N4O. The van der Waals surface area contributed by atoms with Crippen molar-refractivity contribution in [1.82, 2.24) is 9.80 Å². The molecule has 1 aromatic carbocycles. The SMILES string of the molecule is N#Cc1ccccc1N1CCN(C(=O)N2CCCCC2)CC1. The number of carbonyl (C=O) groups excluding carboxylic acids is 1. The molecule has 0 atom stereocenters. The summed E-state index contributed by atoms with van der Waals surface area (Å²) < 4.78 is 0. The highest BCUT2D eigenvalue weighted by molar-refractivity contribution is 5.75. The second kappa shape index (κ2) is 6.69. The molecular weight excluding hydrogens is 276 g/mol. The number of piperidine rings is 1. The molecule has 22 heavy (non-hydrogen) atoms. The summed E-state index contributed by atoms with van der Waals surface area (Å²) in [5.41, 5.74) is 1.69. The maximum absolute atomic E-state index is 12.5. The van der Waals surface area contributed by atoms with Crippen LogP contribution in [0.5, 0.6) is 0 Å². The van der Waals surface area contributed by atoms with E-state index in [1.807, 2.05) is 34.1 Å². The van der Waals surface area contributed by atoms with Gasteiger partial charge >= 0.3 is 6.03 Å². The fraction of sp³-hybridized carbons (Fsp3) is 0.529. The van der Waals surface area contributed by atoms with Crippen LogP contribution in [0, 0.1) is 11.3 Å². The highest BCUT2D eigenvalue weighted by atomic mass is 16.2. The third kappa shape index (κ3) is 3.01. The van der Waals surface area contributed by atoms with Crippen LogP contribution in [-0.4, -0.2) is 55.1 Å². The molecule has 2 saturated heterocycles. The van der Waals surface area contributed by atoms with Gasteiger partial charge in [0.2, 0.25) is 0 Å². The number of piperazine rings is 1. The van der Waals surface area contributed by atoms with Gasteiger partial charge in [-0.25, -0.2) is 4.79 Å². The van der Waals surface area contributed by atoms with Gasteiger partial charge < -0.3 is 14.7 Å². The molecule has 3 rings (SSSR count). The van der Waals surface area contributed by atoms with E-state index in [0.29, 0.717) is 5.56 Å². The van der Waals surface area contributed by atoms with E-state index in [1.165, 1.54) is 6.42 Å². The van der Waals surface area contributed by atoms with Crippen molar-refractivity contribution in [1.29, 1.82) is 5.26 Å². The van der Waals surface area contributed by atoms with E-state index in [2.05, 4.69) is 11.0 Å². The smallest absolute Gasteiger partial charge is 0.320 e. The zero-order valence-corrected chi connectivity index (χ0v) is 12.9. The van der Waals surface area contributed by atoms with Crippen LogP contribution >= 0.6 is 0 Å². The lowest BCUT2D eigenvalue weighted by Gasteiger charge is -2.39. The van der Waals surface area contributed by atoms with Crippen molar-refractivity contribution >= 4 is 11.7 Å². The zero-order chi connectivity index (χ0) is 15.4. The van der Waals surface area contributed by atoms with E-state index in [-0.39, 0.29) is 6.03 Å². The number of carbonyl (C=O) groups is 1. The molecule has 5 heteroatoms. The normalized spacial score (nSPS) is 19.0. The number of amides is 2. The van der Waals surface area contributed by atoms with E-state index in [4.69, 9.17) is 0 Å². The number of nitriles is 1. The largest absolute Gasteiger partial charge is 0.367 e. The van der Waals surface area contributed by atoms with Crippen molar-refractivity contribution in [2.24, 2.45) is 0 Å². The van der Waals surface area contributed by atoms with Crippen LogP contribution in [0.15, 0.2) is 24.3 Å². The lowest BCUT2D eigenvalue weighted by atomic mass is 10.1. The minimum absolute atomic E-state index is 0.188. The summed E-state index contributed by atoms with van der Waals surface area (Å²) in [5.74, 6) is 0. The fourth-order valence-electron chi connectivity index (χ4n) is 3.27. The summed E-state index contributed by atoms with van der Waals surface area (Å²) >= 11 is 0. The van der Waals surface area contributed by atoms with Crippen molar-refractivity contribution in [3.8, 4) is 6.07 Å². The number of likely N-dealkylation sites (tertiary alicyclic amines) is 1. The topological polar surface area (TPSA) is 50.6 Å². The van der Waals surface area contributed by atoms with Crippen molar-refractivity contribution < 1.29 is 4.79 Å². The molecule has 2 heterocycles. The molecule has 0 spiro atoms. The van der Waals surface area contributed by atoms with E-state index < -0.39 is 0 Å². The number of anilines is 1. The molecule has 2 aliphatic rings. The molecule has 0 saturated carbocycles. The summed E-state index contributed by atoms with van der Waals surface area (Å²) in [5, 5.41) is 9.21. The Labute approximate surface area is 131 Å². The van der Waals surface area contributed by atoms with Gasteiger partial charge in [0.05, 0.1) is 11.3 Å². The number of benzene rings is 1. The van der Waals surface area contributed by atoms with Gasteiger partial charge in [0.15, 0.2) is 0 Å². The van der Waals surface area contributed by atoms with Gasteiger partial charge in [-0.3, -0.25) is 0 Å². The molecule has 5 nitrogen and oxygen atoms in total. The van der Waals surface area contributed by atoms with Gasteiger partial charge in [-0.2, -0.15) is 5.26 Å². The number of para-hydroxylation sites is 1. The van der Waals surface area contributed by atoms with E-state index in [9.17, 15) is 10.1 Å². The average Bonchev–Trinajstić information content (AvgIpc) is 2.62. The molecule has 0 N–H and O–H groups in total. The van der Waals surface area contributed by atoms with Crippen LogP contribution < -0.4 is 4.90 Å². The summed E-state index contributed by atoms with van der Waals surface area (Å²) in [6.07, 6.45) is 3.49. The van der Waals surface area contributed by atoms with Gasteiger partial charge in [-0.1, -0.05) is 12.1 Å². The van der Waals surface area contributed by atoms with Gasteiger partial charge in [0, 0.05) is 39.3 Å². The van der Waals surface area contributed by atoms with Crippen LogP contribution in [0.2, 0.25) is 0 Å². The summed E-state index contributed by atoms with van der Waals surface area (Å²) in [7, 11) is 0. The number of hydrogen-bond acceptors (Lipinski definition) is 3. The van der Waals surface area contributed by atoms with Crippen LogP contribution in [0.25, 0.3) is 0 Å². The monoisotopic (exact) mass is 298 g/mol. The molecule has 1 aromatic rings. The van der Waals surface area contributed by atoms with Crippen molar-refractivity contribution in [2.75, 3.05) is 44.2 Å². The molecule has 2 aliphatic heterocycles. The second-order valence-corrected chi connectivity index (χ2v) is 5.93. The van der Waals surface area contributed by atoms with Crippen LogP contribution in [-0.2, 0) is 0 Å². The fourth-order valence-corrected chi connectivity index (χ4v) is 3.27. The Balaban J connectivity index is 1.60. The predicted molar refractivity (Wildman–Crippen MR) is 85.8 cm³/mol. The average molecular weight is 298 g/mol. The molecule has 0 aromatic heterocycles. The first-order chi connectivity index (χ1) is 10.8. The standard InChI is InChI=1S/C17H22N4O/c18-14-15-6-2-3-7-16(15)19-10-12-21(13-11-19)17(22)20-8-4-1-5-9-20/h2-3,6-7H,1,4-5,8-13H2. The quantitative estimate of drug-likeness (QED) is 0.799. The van der Waals surface area contributed by atoms with Crippen LogP contribution in [0.3, 0.4) is 0 Å². The third-order valence-electron chi connectivity index (χ3n) is 4.54. The Morgan fingerprint density at radius 3 is 2.23 bits per heavy atom. The summed E-state index contributed by atoms with van der Waals surface area (Å²) in [4.78, 5) is 18.7. The van der Waals surface area contributed by atoms with Gasteiger partial charge in [0.25, 0.3) is 0 Å². The number of nitrogens with zero attached hydrogens (tertiary/aromatic N) is 4. The summed E-state index contributed by atoms with van der Waals surface area (Å²) in [6.45, 7) is 4.84. The Hall–Kier alpha value is -2.22. The molecule has 0 unspecified atom stereocenters. The maximum Gasteiger partial charge on any atom is 0.320 e. The lowest BCUT2D eigenvalue weighted by molar-refractivity contribution is 0.141. The maximum atomic E-state index is 12.5. The molecule has 2 fully saturated rings. The number of hydrogen-bond donors (Lipinski definition) is 0. The Morgan fingerprint density at radius 1 is 0.909 bits per heavy atom. The minimum Gasteiger partial charge on any atom is -0.367 e. The zero-order valence-electron chi connectivity index (χ0n) is 12.9. The van der Waals surface area contributed by atoms with Crippen molar-refractivity contribution in [2.45, 2.75) is 19.3 Å². The van der Waals surface area contributed by atoms with E-state index in [0.717, 1.165) is 57.8 Å². The predicted octanol–water partition coefficient (Wildman–Crippen LogP) is 2.29. The van der Waals surface area contributed by atoms with Crippen molar-refractivity contribution in [3.63, 3.8) is 0 Å². The summed E-state index contributed by atoms with van der Waals surface area (Å²) in [6, 6.07) is 10.1. The first kappa shape index (κ1) is 14.7. The molecule has 0 bridgehead atoms. The Bertz CT molecular complexity index is 566. The van der Waals surface area contributed by atoms with E-state index in [1.54, 1.807) is 0 Å². The molecule has 0 radical (unpaired) electrons. The van der Waals surface area contributed by atoms with Crippen LogP contribution in [0.1, 0.15) is 24.8 Å². The third-order valence-corrected chi connectivity index (χ3v) is 4.54. The molecule has 0 aliphatic carbocycles.